The number of alkyl halides is 1. The van der Waals surface area contributed by atoms with E-state index < -0.39 is 0 Å². The largest absolute Gasteiger partial charge is 0.293 e. The van der Waals surface area contributed by atoms with Gasteiger partial charge in [0.15, 0.2) is 11.6 Å². The molecule has 0 atom stereocenters. The molecule has 0 unspecified atom stereocenters. The summed E-state index contributed by atoms with van der Waals surface area (Å²) >= 11 is 3.10. The first kappa shape index (κ1) is 9.97. The molecule has 0 aliphatic heterocycles. The van der Waals surface area contributed by atoms with E-state index in [0.29, 0.717) is 16.7 Å². The number of aromatic nitrogens is 4. The van der Waals surface area contributed by atoms with Gasteiger partial charge in [-0.15, -0.1) is 0 Å². The van der Waals surface area contributed by atoms with Crippen molar-refractivity contribution in [3.05, 3.63) is 36.5 Å². The highest BCUT2D eigenvalue weighted by Crippen LogP contribution is 2.05. The van der Waals surface area contributed by atoms with E-state index in [9.17, 15) is 4.79 Å². The Morgan fingerprint density at radius 1 is 1.47 bits per heavy atom. The standard InChI is InChI=1S/C9H7BrN4O/c10-3-8(15)7-1-2-9(12-4-7)14-6-11-5-13-14/h1-2,4-6H,3H2. The van der Waals surface area contributed by atoms with E-state index in [1.165, 1.54) is 17.2 Å². The van der Waals surface area contributed by atoms with Gasteiger partial charge in [-0.05, 0) is 12.1 Å². The smallest absolute Gasteiger partial charge is 0.174 e. The number of rotatable bonds is 3. The van der Waals surface area contributed by atoms with Gasteiger partial charge in [0.25, 0.3) is 0 Å². The lowest BCUT2D eigenvalue weighted by atomic mass is 10.2. The van der Waals surface area contributed by atoms with Gasteiger partial charge in [0.2, 0.25) is 0 Å². The Labute approximate surface area is 94.3 Å². The molecule has 2 heterocycles. The molecule has 0 aromatic carbocycles. The van der Waals surface area contributed by atoms with Gasteiger partial charge in [0.05, 0.1) is 5.33 Å². The summed E-state index contributed by atoms with van der Waals surface area (Å²) < 4.78 is 1.53. The Morgan fingerprint density at radius 2 is 2.33 bits per heavy atom. The van der Waals surface area contributed by atoms with Gasteiger partial charge in [0, 0.05) is 11.8 Å². The van der Waals surface area contributed by atoms with Crippen LogP contribution in [-0.4, -0.2) is 30.9 Å². The zero-order valence-electron chi connectivity index (χ0n) is 7.67. The quantitative estimate of drug-likeness (QED) is 0.620. The number of ketones is 1. The number of carbonyl (C=O) groups excluding carboxylic acids is 1. The molecule has 5 nitrogen and oxygen atoms in total. The van der Waals surface area contributed by atoms with Gasteiger partial charge in [-0.3, -0.25) is 4.79 Å². The lowest BCUT2D eigenvalue weighted by Crippen LogP contribution is -2.03. The molecule has 6 heteroatoms. The van der Waals surface area contributed by atoms with Gasteiger partial charge >= 0.3 is 0 Å². The number of nitrogens with zero attached hydrogens (tertiary/aromatic N) is 4. The summed E-state index contributed by atoms with van der Waals surface area (Å²) in [5.41, 5.74) is 0.579. The summed E-state index contributed by atoms with van der Waals surface area (Å²) in [6.07, 6.45) is 4.51. The van der Waals surface area contributed by atoms with Crippen molar-refractivity contribution in [2.24, 2.45) is 0 Å². The number of hydrogen-bond acceptors (Lipinski definition) is 4. The average Bonchev–Trinajstić information content (AvgIpc) is 2.82. The van der Waals surface area contributed by atoms with Crippen molar-refractivity contribution in [2.75, 3.05) is 5.33 Å². The van der Waals surface area contributed by atoms with E-state index in [1.54, 1.807) is 18.5 Å². The van der Waals surface area contributed by atoms with Crippen LogP contribution in [0.3, 0.4) is 0 Å². The van der Waals surface area contributed by atoms with Gasteiger partial charge in [-0.25, -0.2) is 14.6 Å². The third kappa shape index (κ3) is 2.10. The van der Waals surface area contributed by atoms with Crippen LogP contribution in [0.1, 0.15) is 10.4 Å². The highest BCUT2D eigenvalue weighted by molar-refractivity contribution is 9.09. The maximum absolute atomic E-state index is 11.3. The summed E-state index contributed by atoms with van der Waals surface area (Å²) in [4.78, 5) is 19.2. The molecule has 2 aromatic rings. The Hall–Kier alpha value is -1.56. The molecular weight excluding hydrogens is 260 g/mol. The molecule has 0 radical (unpaired) electrons. The van der Waals surface area contributed by atoms with Crippen LogP contribution in [0.2, 0.25) is 0 Å². The van der Waals surface area contributed by atoms with Crippen molar-refractivity contribution in [3.63, 3.8) is 0 Å². The van der Waals surface area contributed by atoms with Crippen LogP contribution >= 0.6 is 15.9 Å². The molecule has 2 rings (SSSR count). The second-order valence-corrected chi connectivity index (χ2v) is 3.36. The van der Waals surface area contributed by atoms with E-state index in [1.807, 2.05) is 0 Å². The number of Topliss-reactive ketones (excluding diaryl/α,β-unsaturated/α-hetero) is 1. The molecule has 76 valence electrons. The highest BCUT2D eigenvalue weighted by atomic mass is 79.9. The molecule has 0 N–H and O–H groups in total. The Bertz CT molecular complexity index is 451. The molecule has 2 aromatic heterocycles. The zero-order chi connectivity index (χ0) is 10.7. The first-order valence-electron chi connectivity index (χ1n) is 4.21. The van der Waals surface area contributed by atoms with Crippen LogP contribution in [0.15, 0.2) is 31.0 Å². The number of pyridine rings is 1. The zero-order valence-corrected chi connectivity index (χ0v) is 9.25. The van der Waals surface area contributed by atoms with Crippen LogP contribution in [0.4, 0.5) is 0 Å². The number of hydrogen-bond donors (Lipinski definition) is 0. The van der Waals surface area contributed by atoms with Gasteiger partial charge in [-0.2, -0.15) is 5.10 Å². The van der Waals surface area contributed by atoms with E-state index in [4.69, 9.17) is 0 Å². The Morgan fingerprint density at radius 3 is 2.87 bits per heavy atom. The molecule has 0 amide bonds. The molecular formula is C9H7BrN4O. The predicted molar refractivity (Wildman–Crippen MR) is 57.3 cm³/mol. The minimum absolute atomic E-state index is 0.00707. The molecule has 0 bridgehead atoms. The lowest BCUT2D eigenvalue weighted by Gasteiger charge is -2.00. The van der Waals surface area contributed by atoms with Crippen LogP contribution in [0.5, 0.6) is 0 Å². The van der Waals surface area contributed by atoms with E-state index in [2.05, 4.69) is 31.0 Å². The molecule has 0 fully saturated rings. The van der Waals surface area contributed by atoms with Crippen molar-refractivity contribution in [3.8, 4) is 5.82 Å². The highest BCUT2D eigenvalue weighted by Gasteiger charge is 2.04. The summed E-state index contributed by atoms with van der Waals surface area (Å²) in [5, 5.41) is 4.23. The minimum atomic E-state index is 0.00707. The first-order valence-corrected chi connectivity index (χ1v) is 5.33. The van der Waals surface area contributed by atoms with Crippen molar-refractivity contribution in [1.82, 2.24) is 19.7 Å². The average molecular weight is 267 g/mol. The Kier molecular flexibility index (Phi) is 2.86. The number of halogens is 1. The van der Waals surface area contributed by atoms with E-state index in [0.717, 1.165) is 0 Å². The topological polar surface area (TPSA) is 60.7 Å². The summed E-state index contributed by atoms with van der Waals surface area (Å²) in [5.74, 6) is 0.645. The summed E-state index contributed by atoms with van der Waals surface area (Å²) in [6, 6.07) is 3.44. The summed E-state index contributed by atoms with van der Waals surface area (Å²) in [6.45, 7) is 0. The van der Waals surface area contributed by atoms with E-state index in [-0.39, 0.29) is 5.78 Å². The van der Waals surface area contributed by atoms with E-state index >= 15 is 0 Å². The maximum Gasteiger partial charge on any atom is 0.174 e. The minimum Gasteiger partial charge on any atom is -0.293 e. The fraction of sp³-hybridized carbons (Fsp3) is 0.111. The molecule has 0 spiro atoms. The van der Waals surface area contributed by atoms with Gasteiger partial charge < -0.3 is 0 Å². The SMILES string of the molecule is O=C(CBr)c1ccc(-n2cncn2)nc1. The molecule has 15 heavy (non-hydrogen) atoms. The maximum atomic E-state index is 11.3. The lowest BCUT2D eigenvalue weighted by molar-refractivity contribution is 0.102. The van der Waals surface area contributed by atoms with Gasteiger partial charge in [-0.1, -0.05) is 15.9 Å². The van der Waals surface area contributed by atoms with Crippen LogP contribution in [0.25, 0.3) is 5.82 Å². The first-order chi connectivity index (χ1) is 7.31. The number of carbonyl (C=O) groups is 1. The van der Waals surface area contributed by atoms with Crippen LogP contribution < -0.4 is 0 Å². The van der Waals surface area contributed by atoms with Crippen molar-refractivity contribution in [2.45, 2.75) is 0 Å². The second kappa shape index (κ2) is 4.31. The van der Waals surface area contributed by atoms with Crippen molar-refractivity contribution >= 4 is 21.7 Å². The monoisotopic (exact) mass is 266 g/mol. The van der Waals surface area contributed by atoms with Gasteiger partial charge in [0.1, 0.15) is 12.7 Å². The second-order valence-electron chi connectivity index (χ2n) is 2.80. The fourth-order valence-electron chi connectivity index (χ4n) is 1.09. The third-order valence-electron chi connectivity index (χ3n) is 1.84. The Balaban J connectivity index is 2.29. The van der Waals surface area contributed by atoms with Crippen molar-refractivity contribution in [1.29, 1.82) is 0 Å². The van der Waals surface area contributed by atoms with Crippen LogP contribution in [0, 0.1) is 0 Å². The predicted octanol–water partition coefficient (Wildman–Crippen LogP) is 1.24. The van der Waals surface area contributed by atoms with Crippen LogP contribution in [-0.2, 0) is 0 Å². The third-order valence-corrected chi connectivity index (χ3v) is 2.35. The summed E-state index contributed by atoms with van der Waals surface area (Å²) in [7, 11) is 0. The normalized spacial score (nSPS) is 10.2. The molecule has 0 saturated carbocycles. The van der Waals surface area contributed by atoms with Crippen molar-refractivity contribution < 1.29 is 4.79 Å². The molecule has 0 aliphatic rings. The fourth-order valence-corrected chi connectivity index (χ4v) is 1.41. The molecule has 0 aliphatic carbocycles. The molecule has 0 saturated heterocycles.